The van der Waals surface area contributed by atoms with Gasteiger partial charge in [-0.25, -0.2) is 9.59 Å². The quantitative estimate of drug-likeness (QED) is 0.275. The summed E-state index contributed by atoms with van der Waals surface area (Å²) < 4.78 is 4.33. The summed E-state index contributed by atoms with van der Waals surface area (Å²) in [7, 11) is 0. The van der Waals surface area contributed by atoms with Crippen molar-refractivity contribution in [2.75, 3.05) is 0 Å². The van der Waals surface area contributed by atoms with Gasteiger partial charge in [0.15, 0.2) is 0 Å². The Labute approximate surface area is 173 Å². The molecule has 9 nitrogen and oxygen atoms in total. The van der Waals surface area contributed by atoms with E-state index in [1.165, 1.54) is 0 Å². The Morgan fingerprint density at radius 3 is 1.55 bits per heavy atom. The fourth-order valence-corrected chi connectivity index (χ4v) is 1.10. The number of hydrogen-bond acceptors (Lipinski definition) is 6. The third-order valence-electron chi connectivity index (χ3n) is 1.90. The summed E-state index contributed by atoms with van der Waals surface area (Å²) in [6, 6.07) is 0. The molecule has 1 atom stereocenters. The molecule has 0 aliphatic heterocycles. The molecule has 4 N–H and O–H groups in total. The van der Waals surface area contributed by atoms with E-state index in [0.717, 1.165) is 6.92 Å². The minimum atomic E-state index is -2.74. The van der Waals surface area contributed by atoms with Crippen LogP contribution in [-0.2, 0) is 23.9 Å². The van der Waals surface area contributed by atoms with Gasteiger partial charge in [0, 0.05) is 0 Å². The molecular formula is C9H16Ca2O9. The van der Waals surface area contributed by atoms with E-state index < -0.39 is 48.4 Å². The van der Waals surface area contributed by atoms with E-state index >= 15 is 0 Å². The van der Waals surface area contributed by atoms with E-state index in [2.05, 4.69) is 4.74 Å². The van der Waals surface area contributed by atoms with Gasteiger partial charge in [-0.15, -0.1) is 0 Å². The second kappa shape index (κ2) is 11.0. The van der Waals surface area contributed by atoms with Gasteiger partial charge in [-0.3, -0.25) is 9.59 Å². The molecule has 20 heavy (non-hydrogen) atoms. The SMILES string of the molecule is CC(O)C(=O)OC(CC(=O)O)(CC(=O)O)C(=O)O.[CaH2].[CaH2]. The Kier molecular flexibility index (Phi) is 13.9. The van der Waals surface area contributed by atoms with Crippen LogP contribution in [0.1, 0.15) is 19.8 Å². The van der Waals surface area contributed by atoms with Crippen molar-refractivity contribution in [3.05, 3.63) is 0 Å². The van der Waals surface area contributed by atoms with Crippen LogP contribution in [-0.4, -0.2) is 131 Å². The zero-order valence-corrected chi connectivity index (χ0v) is 9.32. The molecule has 0 bridgehead atoms. The van der Waals surface area contributed by atoms with Gasteiger partial charge in [0.2, 0.25) is 5.60 Å². The number of carbonyl (C=O) groups is 4. The number of aliphatic hydroxyl groups excluding tert-OH is 1. The molecular weight excluding hydrogens is 332 g/mol. The van der Waals surface area contributed by atoms with Crippen molar-refractivity contribution in [2.45, 2.75) is 31.5 Å². The summed E-state index contributed by atoms with van der Waals surface area (Å²) in [5.74, 6) is -6.64. The van der Waals surface area contributed by atoms with Crippen LogP contribution in [0.2, 0.25) is 0 Å². The Hall–Kier alpha value is 0.359. The van der Waals surface area contributed by atoms with Gasteiger partial charge in [-0.05, 0) is 6.92 Å². The van der Waals surface area contributed by atoms with Gasteiger partial charge >= 0.3 is 99.4 Å². The van der Waals surface area contributed by atoms with Gasteiger partial charge in [-0.2, -0.15) is 0 Å². The molecule has 0 aliphatic rings. The first kappa shape index (κ1) is 25.3. The van der Waals surface area contributed by atoms with Gasteiger partial charge < -0.3 is 25.2 Å². The maximum atomic E-state index is 11.1. The topological polar surface area (TPSA) is 158 Å². The molecule has 0 rings (SSSR count). The molecule has 0 aliphatic carbocycles. The molecule has 0 aromatic rings. The third kappa shape index (κ3) is 8.60. The van der Waals surface area contributed by atoms with E-state index in [-0.39, 0.29) is 75.5 Å². The van der Waals surface area contributed by atoms with Gasteiger partial charge in [0.1, 0.15) is 6.10 Å². The first-order chi connectivity index (χ1) is 8.10. The number of rotatable bonds is 7. The van der Waals surface area contributed by atoms with Crippen LogP contribution in [0.15, 0.2) is 0 Å². The average Bonchev–Trinajstić information content (AvgIpc) is 2.14. The number of hydrogen-bond donors (Lipinski definition) is 4. The van der Waals surface area contributed by atoms with Crippen LogP contribution >= 0.6 is 0 Å². The molecule has 0 aromatic heterocycles. The predicted octanol–water partition coefficient (Wildman–Crippen LogP) is -3.15. The fraction of sp³-hybridized carbons (Fsp3) is 0.556. The molecule has 1 unspecified atom stereocenters. The van der Waals surface area contributed by atoms with Crippen molar-refractivity contribution in [2.24, 2.45) is 0 Å². The Morgan fingerprint density at radius 1 is 1.00 bits per heavy atom. The summed E-state index contributed by atoms with van der Waals surface area (Å²) in [6.45, 7) is 0.969. The maximum absolute atomic E-state index is 11.1. The van der Waals surface area contributed by atoms with Crippen molar-refractivity contribution in [3.8, 4) is 0 Å². The Bertz CT molecular complexity index is 364. The number of carboxylic acid groups (broad SMARTS) is 3. The number of aliphatic hydroxyl groups is 1. The number of carboxylic acids is 3. The van der Waals surface area contributed by atoms with Gasteiger partial charge in [-0.1, -0.05) is 0 Å². The van der Waals surface area contributed by atoms with Gasteiger partial charge in [0.05, 0.1) is 12.8 Å². The number of esters is 1. The summed E-state index contributed by atoms with van der Waals surface area (Å²) in [4.78, 5) is 43.2. The third-order valence-corrected chi connectivity index (χ3v) is 1.90. The van der Waals surface area contributed by atoms with E-state index in [4.69, 9.17) is 20.4 Å². The second-order valence-electron chi connectivity index (χ2n) is 3.54. The zero-order chi connectivity index (χ0) is 14.5. The Balaban J connectivity index is -0.00000144. The van der Waals surface area contributed by atoms with Crippen LogP contribution in [0.3, 0.4) is 0 Å². The first-order valence-corrected chi connectivity index (χ1v) is 4.68. The normalized spacial score (nSPS) is 11.3. The summed E-state index contributed by atoms with van der Waals surface area (Å²) >= 11 is 0. The summed E-state index contributed by atoms with van der Waals surface area (Å²) in [5, 5.41) is 34.8. The first-order valence-electron chi connectivity index (χ1n) is 4.68. The number of ether oxygens (including phenoxy) is 1. The van der Waals surface area contributed by atoms with Crippen LogP contribution in [0.25, 0.3) is 0 Å². The zero-order valence-electron chi connectivity index (χ0n) is 9.32. The molecule has 0 amide bonds. The standard InChI is InChI=1S/C9H12O9.2Ca.4H/c1-4(10)7(15)18-9(8(16)17,2-5(11)12)3-6(13)14;;;;;;/h4,10H,2-3H2,1H3,(H,11,12)(H,13,14)(H,16,17);;;;;;. The minimum absolute atomic E-state index is 0. The van der Waals surface area contributed by atoms with E-state index in [0.29, 0.717) is 0 Å². The van der Waals surface area contributed by atoms with Gasteiger partial charge in [0.25, 0.3) is 0 Å². The van der Waals surface area contributed by atoms with Crippen molar-refractivity contribution in [3.63, 3.8) is 0 Å². The predicted molar refractivity (Wildman–Crippen MR) is 69.7 cm³/mol. The second-order valence-corrected chi connectivity index (χ2v) is 3.54. The Morgan fingerprint density at radius 2 is 1.35 bits per heavy atom. The molecule has 0 spiro atoms. The molecule has 0 heterocycles. The summed E-state index contributed by atoms with van der Waals surface area (Å²) in [5.41, 5.74) is -2.74. The molecule has 0 saturated carbocycles. The van der Waals surface area contributed by atoms with Crippen LogP contribution in [0.4, 0.5) is 0 Å². The molecule has 0 aromatic carbocycles. The van der Waals surface area contributed by atoms with E-state index in [9.17, 15) is 19.2 Å². The fourth-order valence-electron chi connectivity index (χ4n) is 1.10. The van der Waals surface area contributed by atoms with Crippen molar-refractivity contribution in [1.29, 1.82) is 0 Å². The van der Waals surface area contributed by atoms with Crippen LogP contribution in [0, 0.1) is 0 Å². The average molecular weight is 348 g/mol. The molecule has 0 fully saturated rings. The molecule has 110 valence electrons. The van der Waals surface area contributed by atoms with Crippen molar-refractivity contribution < 1.29 is 44.3 Å². The monoisotopic (exact) mass is 348 g/mol. The van der Waals surface area contributed by atoms with E-state index in [1.54, 1.807) is 0 Å². The van der Waals surface area contributed by atoms with Crippen LogP contribution < -0.4 is 0 Å². The molecule has 0 radical (unpaired) electrons. The van der Waals surface area contributed by atoms with Crippen molar-refractivity contribution in [1.82, 2.24) is 0 Å². The number of aliphatic carboxylic acids is 3. The van der Waals surface area contributed by atoms with Crippen molar-refractivity contribution >= 4 is 99.4 Å². The molecule has 11 heteroatoms. The van der Waals surface area contributed by atoms with Crippen LogP contribution in [0.5, 0.6) is 0 Å². The van der Waals surface area contributed by atoms with E-state index in [1.807, 2.05) is 0 Å². The summed E-state index contributed by atoms with van der Waals surface area (Å²) in [6.07, 6.45) is -4.16. The number of carbonyl (C=O) groups excluding carboxylic acids is 1. The molecule has 0 saturated heterocycles.